The van der Waals surface area contributed by atoms with Crippen molar-refractivity contribution >= 4 is 0 Å². The van der Waals surface area contributed by atoms with E-state index in [1.165, 1.54) is 16.7 Å². The first-order valence-electron chi connectivity index (χ1n) is 14.0. The maximum absolute atomic E-state index is 6.76. The molecule has 5 rings (SSSR count). The largest absolute Gasteiger partial charge is 0.377 e. The van der Waals surface area contributed by atoms with E-state index in [0.717, 1.165) is 32.5 Å². The van der Waals surface area contributed by atoms with E-state index in [4.69, 9.17) is 18.9 Å². The second-order valence-corrected chi connectivity index (χ2v) is 10.7. The molecule has 0 spiro atoms. The summed E-state index contributed by atoms with van der Waals surface area (Å²) in [5.41, 5.74) is 3.53. The van der Waals surface area contributed by atoms with Gasteiger partial charge in [-0.05, 0) is 35.4 Å². The molecule has 0 unspecified atom stereocenters. The Balaban J connectivity index is 1.35. The molecule has 2 fully saturated rings. The third-order valence-electron chi connectivity index (χ3n) is 7.69. The molecule has 5 nitrogen and oxygen atoms in total. The first kappa shape index (κ1) is 27.0. The normalized spacial score (nSPS) is 26.0. The van der Waals surface area contributed by atoms with E-state index in [1.807, 2.05) is 18.2 Å². The molecule has 5 atom stereocenters. The van der Waals surface area contributed by atoms with Crippen LogP contribution in [0.1, 0.15) is 36.5 Å². The predicted molar refractivity (Wildman–Crippen MR) is 150 cm³/mol. The number of nitrogens with zero attached hydrogens (tertiary/aromatic N) is 1. The van der Waals surface area contributed by atoms with Gasteiger partial charge >= 0.3 is 0 Å². The van der Waals surface area contributed by atoms with Crippen LogP contribution in [0.3, 0.4) is 0 Å². The first-order valence-corrected chi connectivity index (χ1v) is 14.0. The highest BCUT2D eigenvalue weighted by Crippen LogP contribution is 2.31. The average Bonchev–Trinajstić information content (AvgIpc) is 3.47. The van der Waals surface area contributed by atoms with Crippen LogP contribution in [0.15, 0.2) is 91.0 Å². The van der Waals surface area contributed by atoms with E-state index in [-0.39, 0.29) is 24.4 Å². The Morgan fingerprint density at radius 1 is 0.737 bits per heavy atom. The Labute approximate surface area is 227 Å². The van der Waals surface area contributed by atoms with Crippen LogP contribution < -0.4 is 0 Å². The molecule has 0 N–H and O–H groups in total. The second kappa shape index (κ2) is 14.0. The van der Waals surface area contributed by atoms with Crippen molar-refractivity contribution < 1.29 is 18.9 Å². The monoisotopic (exact) mass is 515 g/mol. The Morgan fingerprint density at radius 2 is 1.29 bits per heavy atom. The Bertz CT molecular complexity index is 1060. The topological polar surface area (TPSA) is 40.2 Å². The van der Waals surface area contributed by atoms with Gasteiger partial charge in [-0.3, -0.25) is 4.90 Å². The molecule has 2 saturated heterocycles. The van der Waals surface area contributed by atoms with Gasteiger partial charge in [0.2, 0.25) is 0 Å². The SMILES string of the molecule is C[C@H]1CN(C[C@H]2CCCO2)[C@H](COCc2ccccc2)[C@@H](OCc2ccccc2)[C@@H]1OCc1ccccc1. The summed E-state index contributed by atoms with van der Waals surface area (Å²) in [5, 5.41) is 0. The number of piperidine rings is 1. The van der Waals surface area contributed by atoms with Crippen molar-refractivity contribution in [2.75, 3.05) is 26.3 Å². The Kier molecular flexibility index (Phi) is 9.98. The summed E-state index contributed by atoms with van der Waals surface area (Å²) in [4.78, 5) is 2.55. The van der Waals surface area contributed by atoms with Gasteiger partial charge in [0.25, 0.3) is 0 Å². The molecule has 202 valence electrons. The summed E-state index contributed by atoms with van der Waals surface area (Å²) >= 11 is 0. The lowest BCUT2D eigenvalue weighted by Crippen LogP contribution is -2.62. The van der Waals surface area contributed by atoms with E-state index < -0.39 is 0 Å². The molecule has 0 amide bonds. The summed E-state index contributed by atoms with van der Waals surface area (Å²) in [6.45, 7) is 7.28. The lowest BCUT2D eigenvalue weighted by atomic mass is 9.87. The highest BCUT2D eigenvalue weighted by atomic mass is 16.5. The summed E-state index contributed by atoms with van der Waals surface area (Å²) in [5.74, 6) is 0.311. The van der Waals surface area contributed by atoms with Crippen molar-refractivity contribution in [3.05, 3.63) is 108 Å². The fourth-order valence-corrected chi connectivity index (χ4v) is 5.69. The molecule has 2 heterocycles. The van der Waals surface area contributed by atoms with Crippen LogP contribution in [0.2, 0.25) is 0 Å². The number of likely N-dealkylation sites (tertiary alicyclic amines) is 1. The number of benzene rings is 3. The maximum atomic E-state index is 6.76. The van der Waals surface area contributed by atoms with E-state index in [2.05, 4.69) is 84.6 Å². The average molecular weight is 516 g/mol. The highest BCUT2D eigenvalue weighted by molar-refractivity contribution is 5.15. The molecule has 2 aliphatic rings. The molecule has 3 aromatic carbocycles. The van der Waals surface area contributed by atoms with Gasteiger partial charge in [0.05, 0.1) is 44.7 Å². The fraction of sp³-hybridized carbons (Fsp3) is 0.455. The summed E-state index contributed by atoms with van der Waals surface area (Å²) in [7, 11) is 0. The lowest BCUT2D eigenvalue weighted by molar-refractivity contribution is -0.179. The van der Waals surface area contributed by atoms with Crippen LogP contribution in [-0.4, -0.2) is 55.6 Å². The van der Waals surface area contributed by atoms with Gasteiger partial charge in [-0.25, -0.2) is 0 Å². The van der Waals surface area contributed by atoms with Crippen LogP contribution in [0.5, 0.6) is 0 Å². The van der Waals surface area contributed by atoms with Gasteiger partial charge in [0, 0.05) is 19.7 Å². The van der Waals surface area contributed by atoms with Crippen molar-refractivity contribution in [3.63, 3.8) is 0 Å². The van der Waals surface area contributed by atoms with Crippen molar-refractivity contribution in [2.45, 2.75) is 63.9 Å². The number of rotatable bonds is 12. The number of ether oxygens (including phenoxy) is 4. The molecule has 3 aromatic rings. The van der Waals surface area contributed by atoms with Crippen LogP contribution in [0.4, 0.5) is 0 Å². The van der Waals surface area contributed by atoms with Gasteiger partial charge in [-0.15, -0.1) is 0 Å². The zero-order valence-corrected chi connectivity index (χ0v) is 22.5. The smallest absolute Gasteiger partial charge is 0.102 e. The standard InChI is InChI=1S/C33H41NO4/c1-26-20-34(21-30-18-11-19-36-30)31(25-35-22-27-12-5-2-6-13-27)33(38-24-29-16-9-4-10-17-29)32(26)37-23-28-14-7-3-8-15-28/h2-10,12-17,26,30-33H,11,18-25H2,1H3/t26-,30+,31+,32+,33+/m0/s1. The minimum atomic E-state index is -0.125. The van der Waals surface area contributed by atoms with Crippen molar-refractivity contribution in [1.29, 1.82) is 0 Å². The second-order valence-electron chi connectivity index (χ2n) is 10.7. The quantitative estimate of drug-likeness (QED) is 0.302. The maximum Gasteiger partial charge on any atom is 0.102 e. The van der Waals surface area contributed by atoms with Gasteiger partial charge in [-0.1, -0.05) is 97.9 Å². The van der Waals surface area contributed by atoms with E-state index >= 15 is 0 Å². The highest BCUT2D eigenvalue weighted by Gasteiger charge is 2.44. The van der Waals surface area contributed by atoms with Gasteiger partial charge in [0.1, 0.15) is 6.10 Å². The van der Waals surface area contributed by atoms with Crippen LogP contribution in [0.25, 0.3) is 0 Å². The van der Waals surface area contributed by atoms with Crippen molar-refractivity contribution in [1.82, 2.24) is 4.90 Å². The zero-order valence-electron chi connectivity index (χ0n) is 22.5. The summed E-state index contributed by atoms with van der Waals surface area (Å²) < 4.78 is 25.8. The van der Waals surface area contributed by atoms with Gasteiger partial charge < -0.3 is 18.9 Å². The molecule has 0 aromatic heterocycles. The lowest BCUT2D eigenvalue weighted by Gasteiger charge is -2.48. The number of hydrogen-bond acceptors (Lipinski definition) is 5. The molecule has 0 saturated carbocycles. The fourth-order valence-electron chi connectivity index (χ4n) is 5.69. The molecule has 38 heavy (non-hydrogen) atoms. The van der Waals surface area contributed by atoms with Crippen molar-refractivity contribution in [3.8, 4) is 0 Å². The molecule has 5 heteroatoms. The molecule has 0 aliphatic carbocycles. The molecule has 2 aliphatic heterocycles. The van der Waals surface area contributed by atoms with Crippen LogP contribution in [-0.2, 0) is 38.8 Å². The van der Waals surface area contributed by atoms with Gasteiger partial charge in [-0.2, -0.15) is 0 Å². The van der Waals surface area contributed by atoms with Crippen LogP contribution in [0, 0.1) is 5.92 Å². The molecular formula is C33H41NO4. The molecule has 0 radical (unpaired) electrons. The predicted octanol–water partition coefficient (Wildman–Crippen LogP) is 5.87. The van der Waals surface area contributed by atoms with E-state index in [1.54, 1.807) is 0 Å². The zero-order chi connectivity index (χ0) is 26.0. The van der Waals surface area contributed by atoms with E-state index in [9.17, 15) is 0 Å². The Morgan fingerprint density at radius 3 is 1.84 bits per heavy atom. The number of hydrogen-bond donors (Lipinski definition) is 0. The van der Waals surface area contributed by atoms with E-state index in [0.29, 0.717) is 32.3 Å². The molecule has 0 bridgehead atoms. The van der Waals surface area contributed by atoms with Crippen LogP contribution >= 0.6 is 0 Å². The third-order valence-corrected chi connectivity index (χ3v) is 7.69. The first-order chi connectivity index (χ1) is 18.8. The molecular weight excluding hydrogens is 474 g/mol. The minimum Gasteiger partial charge on any atom is -0.377 e. The Hall–Kier alpha value is -2.54. The minimum absolute atomic E-state index is 0.0370. The van der Waals surface area contributed by atoms with Crippen molar-refractivity contribution in [2.24, 2.45) is 5.92 Å². The van der Waals surface area contributed by atoms with Gasteiger partial charge in [0.15, 0.2) is 0 Å². The summed E-state index contributed by atoms with van der Waals surface area (Å²) in [6.07, 6.45) is 2.37. The third kappa shape index (κ3) is 7.52. The summed E-state index contributed by atoms with van der Waals surface area (Å²) in [6, 6.07) is 31.3.